The molecule has 1 unspecified atom stereocenters. The lowest BCUT2D eigenvalue weighted by Crippen LogP contribution is -2.31. The highest BCUT2D eigenvalue weighted by molar-refractivity contribution is 5.93. The van der Waals surface area contributed by atoms with E-state index in [-0.39, 0.29) is 23.1 Å². The average molecular weight is 429 g/mol. The molecule has 0 aliphatic carbocycles. The topological polar surface area (TPSA) is 132 Å². The molecular formula is C19H26F3N5O3. The van der Waals surface area contributed by atoms with E-state index in [4.69, 9.17) is 11.5 Å². The summed E-state index contributed by atoms with van der Waals surface area (Å²) < 4.78 is 41.0. The first-order valence-corrected chi connectivity index (χ1v) is 9.01. The van der Waals surface area contributed by atoms with Crippen LogP contribution in [0.15, 0.2) is 41.6 Å². The first kappa shape index (κ1) is 24.8. The van der Waals surface area contributed by atoms with Gasteiger partial charge in [0.2, 0.25) is 5.91 Å². The van der Waals surface area contributed by atoms with Gasteiger partial charge in [-0.15, -0.1) is 0 Å². The van der Waals surface area contributed by atoms with E-state index in [0.29, 0.717) is 11.4 Å². The van der Waals surface area contributed by atoms with Gasteiger partial charge in [0, 0.05) is 17.7 Å². The largest absolute Gasteiger partial charge is 0.470 e. The van der Waals surface area contributed by atoms with E-state index in [1.165, 1.54) is 13.1 Å². The minimum Gasteiger partial charge on any atom is -0.470 e. The van der Waals surface area contributed by atoms with Gasteiger partial charge < -0.3 is 26.8 Å². The molecule has 0 fully saturated rings. The number of halogens is 3. The van der Waals surface area contributed by atoms with Crippen molar-refractivity contribution >= 4 is 17.6 Å². The number of pyridine rings is 1. The monoisotopic (exact) mass is 429 g/mol. The van der Waals surface area contributed by atoms with Crippen LogP contribution < -0.4 is 22.1 Å². The smallest absolute Gasteiger partial charge is 0.422 e. The summed E-state index contributed by atoms with van der Waals surface area (Å²) in [5.74, 6) is -1.23. The first-order chi connectivity index (χ1) is 13.8. The van der Waals surface area contributed by atoms with Crippen LogP contribution in [0.5, 0.6) is 0 Å². The number of hydrogen-bond donors (Lipinski definition) is 4. The Morgan fingerprint density at radius 3 is 2.47 bits per heavy atom. The van der Waals surface area contributed by atoms with Crippen LogP contribution in [0, 0.1) is 5.92 Å². The third-order valence-electron chi connectivity index (χ3n) is 3.82. The molecule has 0 saturated heterocycles. The molecule has 0 aliphatic rings. The average Bonchev–Trinajstić information content (AvgIpc) is 2.65. The third-order valence-corrected chi connectivity index (χ3v) is 3.82. The van der Waals surface area contributed by atoms with Crippen molar-refractivity contribution < 1.29 is 27.5 Å². The van der Waals surface area contributed by atoms with E-state index < -0.39 is 30.6 Å². The Kier molecular flexibility index (Phi) is 8.69. The summed E-state index contributed by atoms with van der Waals surface area (Å²) in [7, 11) is 0. The summed E-state index contributed by atoms with van der Waals surface area (Å²) >= 11 is 0. The number of carbonyl (C=O) groups is 2. The molecule has 11 heteroatoms. The summed E-state index contributed by atoms with van der Waals surface area (Å²) in [5.41, 5.74) is 11.6. The number of alkyl halides is 3. The number of nitrogens with two attached hydrogens (primary N) is 2. The molecule has 2 amide bonds. The van der Waals surface area contributed by atoms with Crippen LogP contribution in [0.4, 0.5) is 19.0 Å². The minimum absolute atomic E-state index is 0.0714. The molecule has 0 aromatic carbocycles. The summed E-state index contributed by atoms with van der Waals surface area (Å²) in [4.78, 5) is 28.1. The fourth-order valence-electron chi connectivity index (χ4n) is 2.06. The van der Waals surface area contributed by atoms with Crippen molar-refractivity contribution in [1.82, 2.24) is 10.3 Å². The molecule has 0 spiro atoms. The molecule has 1 aromatic heterocycles. The fraction of sp³-hybridized carbons (Fsp3) is 0.421. The molecule has 0 bridgehead atoms. The van der Waals surface area contributed by atoms with Crippen LogP contribution >= 0.6 is 0 Å². The van der Waals surface area contributed by atoms with E-state index in [2.05, 4.69) is 20.4 Å². The van der Waals surface area contributed by atoms with Crippen molar-refractivity contribution in [3.8, 4) is 0 Å². The Balaban J connectivity index is 2.81. The Morgan fingerprint density at radius 2 is 1.90 bits per heavy atom. The number of aromatic nitrogens is 1. The van der Waals surface area contributed by atoms with Crippen molar-refractivity contribution in [2.45, 2.75) is 39.9 Å². The van der Waals surface area contributed by atoms with Gasteiger partial charge in [0.1, 0.15) is 5.82 Å². The van der Waals surface area contributed by atoms with Gasteiger partial charge in [-0.1, -0.05) is 13.8 Å². The highest BCUT2D eigenvalue weighted by Crippen LogP contribution is 2.18. The van der Waals surface area contributed by atoms with Gasteiger partial charge in [-0.2, -0.15) is 13.2 Å². The van der Waals surface area contributed by atoms with Crippen molar-refractivity contribution in [3.05, 3.63) is 47.1 Å². The second kappa shape index (κ2) is 10.5. The maximum absolute atomic E-state index is 12.3. The van der Waals surface area contributed by atoms with Crippen LogP contribution in [-0.2, 0) is 14.3 Å². The van der Waals surface area contributed by atoms with E-state index in [0.717, 1.165) is 6.08 Å². The third kappa shape index (κ3) is 8.41. The van der Waals surface area contributed by atoms with Gasteiger partial charge in [-0.25, -0.2) is 4.98 Å². The van der Waals surface area contributed by atoms with Crippen LogP contribution in [0.2, 0.25) is 0 Å². The number of allylic oxidation sites excluding steroid dienone is 2. The summed E-state index contributed by atoms with van der Waals surface area (Å²) in [5, 5.41) is 5.30. The van der Waals surface area contributed by atoms with Gasteiger partial charge in [0.05, 0.1) is 11.7 Å². The zero-order valence-electron chi connectivity index (χ0n) is 17.1. The number of nitrogens with zero attached hydrogens (tertiary/aromatic N) is 1. The number of hydrogen-bond acceptors (Lipinski definition) is 6. The molecule has 8 nitrogen and oxygen atoms in total. The molecule has 0 radical (unpaired) electrons. The summed E-state index contributed by atoms with van der Waals surface area (Å²) in [6.45, 7) is 4.99. The Labute approximate surface area is 172 Å². The van der Waals surface area contributed by atoms with E-state index in [1.54, 1.807) is 32.9 Å². The van der Waals surface area contributed by atoms with Crippen molar-refractivity contribution in [3.63, 3.8) is 0 Å². The Morgan fingerprint density at radius 1 is 1.27 bits per heavy atom. The van der Waals surface area contributed by atoms with Gasteiger partial charge >= 0.3 is 6.18 Å². The van der Waals surface area contributed by atoms with Crippen molar-refractivity contribution in [1.29, 1.82) is 0 Å². The highest BCUT2D eigenvalue weighted by Gasteiger charge is 2.28. The molecule has 0 aliphatic heterocycles. The molecule has 0 saturated carbocycles. The molecular weight excluding hydrogens is 403 g/mol. The minimum atomic E-state index is -4.54. The number of amides is 2. The number of nitrogens with one attached hydrogen (secondary N) is 2. The van der Waals surface area contributed by atoms with Crippen LogP contribution in [0.3, 0.4) is 0 Å². The molecule has 166 valence electrons. The van der Waals surface area contributed by atoms with Crippen LogP contribution in [-0.4, -0.2) is 29.6 Å². The zero-order chi connectivity index (χ0) is 23.1. The molecule has 1 aromatic rings. The van der Waals surface area contributed by atoms with Gasteiger partial charge in [0.15, 0.2) is 12.5 Å². The fourth-order valence-corrected chi connectivity index (χ4v) is 2.06. The summed E-state index contributed by atoms with van der Waals surface area (Å²) in [6, 6.07) is 2.77. The van der Waals surface area contributed by atoms with E-state index in [1.807, 2.05) is 0 Å². The molecule has 1 rings (SSSR count). The maximum Gasteiger partial charge on any atom is 0.422 e. The molecule has 1 heterocycles. The van der Waals surface area contributed by atoms with Crippen LogP contribution in [0.1, 0.15) is 39.3 Å². The second-order valence-corrected chi connectivity index (χ2v) is 6.86. The zero-order valence-corrected chi connectivity index (χ0v) is 17.1. The number of ether oxygens (including phenoxy) is 1. The Hall–Kier alpha value is -3.24. The van der Waals surface area contributed by atoms with Gasteiger partial charge in [0.25, 0.3) is 5.91 Å². The lowest BCUT2D eigenvalue weighted by atomic mass is 10.1. The first-order valence-electron chi connectivity index (χ1n) is 9.01. The van der Waals surface area contributed by atoms with Gasteiger partial charge in [-0.05, 0) is 37.6 Å². The SMILES string of the molecule is CC(/C=C(\N)C(=O)NC(C)c1ccnc(NC(=O)C(C)C)c1)=C(/N)OCC(F)(F)F. The lowest BCUT2D eigenvalue weighted by Gasteiger charge is -2.16. The Bertz CT molecular complexity index is 835. The predicted octanol–water partition coefficient (Wildman–Crippen LogP) is 2.47. The highest BCUT2D eigenvalue weighted by atomic mass is 19.4. The number of carbonyl (C=O) groups excluding carboxylic acids is 2. The van der Waals surface area contributed by atoms with E-state index >= 15 is 0 Å². The van der Waals surface area contributed by atoms with Crippen LogP contribution in [0.25, 0.3) is 0 Å². The lowest BCUT2D eigenvalue weighted by molar-refractivity contribution is -0.165. The van der Waals surface area contributed by atoms with Gasteiger partial charge in [-0.3, -0.25) is 9.59 Å². The van der Waals surface area contributed by atoms with E-state index in [9.17, 15) is 22.8 Å². The number of anilines is 1. The normalized spacial score (nSPS) is 14.1. The standard InChI is InChI=1S/C19H26F3N5O3/c1-10(2)17(28)27-15-8-13(5-6-25-15)12(4)26-18(29)14(23)7-11(3)16(24)30-9-19(20,21)22/h5-8,10,12H,9,23-24H2,1-4H3,(H,26,29)(H,25,27,28)/b14-7-,16-11+. The second-order valence-electron chi connectivity index (χ2n) is 6.86. The predicted molar refractivity (Wildman–Crippen MR) is 105 cm³/mol. The van der Waals surface area contributed by atoms with Crippen molar-refractivity contribution in [2.24, 2.45) is 17.4 Å². The molecule has 6 N–H and O–H groups in total. The summed E-state index contributed by atoms with van der Waals surface area (Å²) in [6.07, 6.45) is -1.93. The molecule has 30 heavy (non-hydrogen) atoms. The maximum atomic E-state index is 12.3. The van der Waals surface area contributed by atoms with Crippen molar-refractivity contribution in [2.75, 3.05) is 11.9 Å². The number of rotatable bonds is 8. The molecule has 1 atom stereocenters. The quantitative estimate of drug-likeness (QED) is 0.285.